The number of nitrogens with zero attached hydrogens (tertiary/aromatic N) is 1. The highest BCUT2D eigenvalue weighted by molar-refractivity contribution is 7.80. The van der Waals surface area contributed by atoms with Gasteiger partial charge in [0.15, 0.2) is 16.6 Å². The number of rotatable bonds is 3. The molecule has 166 valence electrons. The Kier molecular flexibility index (Phi) is 4.91. The second-order valence-electron chi connectivity index (χ2n) is 8.31. The van der Waals surface area contributed by atoms with Gasteiger partial charge in [0.05, 0.1) is 6.04 Å². The zero-order chi connectivity index (χ0) is 22.4. The fourth-order valence-electron chi connectivity index (χ4n) is 4.77. The van der Waals surface area contributed by atoms with Crippen molar-refractivity contribution < 1.29 is 13.9 Å². The predicted molar refractivity (Wildman–Crippen MR) is 129 cm³/mol. The molecule has 1 atom stereocenters. The number of para-hydroxylation sites is 1. The fourth-order valence-corrected chi connectivity index (χ4v) is 5.04. The zero-order valence-electron chi connectivity index (χ0n) is 17.8. The first-order valence-electron chi connectivity index (χ1n) is 11.0. The van der Waals surface area contributed by atoms with Gasteiger partial charge in [-0.2, -0.15) is 0 Å². The number of benzene rings is 3. The van der Waals surface area contributed by atoms with Gasteiger partial charge in [-0.3, -0.25) is 0 Å². The van der Waals surface area contributed by atoms with Gasteiger partial charge in [0.25, 0.3) is 0 Å². The van der Waals surface area contributed by atoms with Gasteiger partial charge in [-0.1, -0.05) is 36.4 Å². The van der Waals surface area contributed by atoms with Gasteiger partial charge < -0.3 is 24.7 Å². The lowest BCUT2D eigenvalue weighted by atomic mass is 9.92. The monoisotopic (exact) mass is 459 g/mol. The molecule has 0 saturated carbocycles. The highest BCUT2D eigenvalue weighted by atomic mass is 32.1. The van der Waals surface area contributed by atoms with Crippen LogP contribution in [0.2, 0.25) is 0 Å². The third kappa shape index (κ3) is 3.58. The van der Waals surface area contributed by atoms with Crippen LogP contribution in [0.5, 0.6) is 11.5 Å². The molecule has 4 aromatic rings. The SMILES string of the molecule is Fc1ccc(CNC(=S)N2CCc3c([nH]c4ccccc34)[C@H]2c2ccc3c(c2)OCO3)cc1. The molecule has 1 aromatic heterocycles. The summed E-state index contributed by atoms with van der Waals surface area (Å²) in [5.74, 6) is 1.27. The summed E-state index contributed by atoms with van der Waals surface area (Å²) < 4.78 is 24.4. The topological polar surface area (TPSA) is 49.5 Å². The summed E-state index contributed by atoms with van der Waals surface area (Å²) in [4.78, 5) is 5.87. The molecule has 2 aliphatic heterocycles. The number of thiocarbonyl (C=S) groups is 1. The average Bonchev–Trinajstić information content (AvgIpc) is 3.46. The highest BCUT2D eigenvalue weighted by Crippen LogP contribution is 2.42. The number of fused-ring (bicyclic) bond motifs is 4. The smallest absolute Gasteiger partial charge is 0.231 e. The Morgan fingerprint density at radius 2 is 1.88 bits per heavy atom. The van der Waals surface area contributed by atoms with E-state index < -0.39 is 0 Å². The van der Waals surface area contributed by atoms with Gasteiger partial charge in [-0.15, -0.1) is 0 Å². The Labute approximate surface area is 196 Å². The molecule has 33 heavy (non-hydrogen) atoms. The first-order chi connectivity index (χ1) is 16.2. The second-order valence-corrected chi connectivity index (χ2v) is 8.69. The van der Waals surface area contributed by atoms with E-state index in [2.05, 4.69) is 39.5 Å². The maximum atomic E-state index is 13.3. The fraction of sp³-hybridized carbons (Fsp3) is 0.192. The molecule has 6 rings (SSSR count). The third-order valence-electron chi connectivity index (χ3n) is 6.36. The van der Waals surface area contributed by atoms with Gasteiger partial charge in [0, 0.05) is 29.7 Å². The second kappa shape index (κ2) is 8.08. The minimum atomic E-state index is -0.244. The Morgan fingerprint density at radius 3 is 2.76 bits per heavy atom. The Bertz CT molecular complexity index is 1350. The molecule has 0 fully saturated rings. The molecule has 0 saturated heterocycles. The van der Waals surface area contributed by atoms with Crippen molar-refractivity contribution in [1.82, 2.24) is 15.2 Å². The van der Waals surface area contributed by atoms with Crippen LogP contribution < -0.4 is 14.8 Å². The normalized spacial score (nSPS) is 16.6. The standard InChI is InChI=1S/C26H22FN3O2S/c27-18-8-5-16(6-9-18)14-28-26(33)30-12-11-20-19-3-1-2-4-21(19)29-24(20)25(30)17-7-10-22-23(13-17)32-15-31-22/h1-10,13,25,29H,11-12,14-15H2,(H,28,33)/t25-/m1/s1. The number of hydrogen-bond donors (Lipinski definition) is 2. The minimum absolute atomic E-state index is 0.0936. The lowest BCUT2D eigenvalue weighted by Crippen LogP contribution is -2.45. The molecule has 0 bridgehead atoms. The first-order valence-corrected chi connectivity index (χ1v) is 11.4. The third-order valence-corrected chi connectivity index (χ3v) is 6.74. The molecule has 2 N–H and O–H groups in total. The molecule has 7 heteroatoms. The van der Waals surface area contributed by atoms with Crippen LogP contribution in [-0.4, -0.2) is 28.3 Å². The van der Waals surface area contributed by atoms with E-state index in [0.29, 0.717) is 11.7 Å². The van der Waals surface area contributed by atoms with Crippen molar-refractivity contribution >= 4 is 28.2 Å². The van der Waals surface area contributed by atoms with Gasteiger partial charge >= 0.3 is 0 Å². The maximum absolute atomic E-state index is 13.3. The predicted octanol–water partition coefficient (Wildman–Crippen LogP) is 5.06. The molecule has 5 nitrogen and oxygen atoms in total. The van der Waals surface area contributed by atoms with Crippen LogP contribution >= 0.6 is 12.2 Å². The largest absolute Gasteiger partial charge is 0.454 e. The molecule has 0 amide bonds. The van der Waals surface area contributed by atoms with Gasteiger partial charge in [-0.25, -0.2) is 4.39 Å². The van der Waals surface area contributed by atoms with E-state index in [1.807, 2.05) is 18.2 Å². The summed E-state index contributed by atoms with van der Waals surface area (Å²) in [5.41, 5.74) is 5.65. The van der Waals surface area contributed by atoms with Gasteiger partial charge in [-0.05, 0) is 65.7 Å². The minimum Gasteiger partial charge on any atom is -0.454 e. The van der Waals surface area contributed by atoms with Crippen LogP contribution in [0.25, 0.3) is 10.9 Å². The molecule has 3 heterocycles. The van der Waals surface area contributed by atoms with Gasteiger partial charge in [0.1, 0.15) is 5.82 Å². The van der Waals surface area contributed by atoms with E-state index in [0.717, 1.165) is 46.8 Å². The van der Waals surface area contributed by atoms with Crippen molar-refractivity contribution in [1.29, 1.82) is 0 Å². The molecule has 0 aliphatic carbocycles. The Hall–Kier alpha value is -3.58. The number of ether oxygens (including phenoxy) is 2. The van der Waals surface area contributed by atoms with Gasteiger partial charge in [0.2, 0.25) is 6.79 Å². The lowest BCUT2D eigenvalue weighted by Gasteiger charge is -2.38. The van der Waals surface area contributed by atoms with E-state index >= 15 is 0 Å². The van der Waals surface area contributed by atoms with Crippen molar-refractivity contribution in [2.24, 2.45) is 0 Å². The lowest BCUT2D eigenvalue weighted by molar-refractivity contribution is 0.174. The summed E-state index contributed by atoms with van der Waals surface area (Å²) in [6.07, 6.45) is 0.888. The van der Waals surface area contributed by atoms with E-state index in [9.17, 15) is 4.39 Å². The quantitative estimate of drug-likeness (QED) is 0.420. The van der Waals surface area contributed by atoms with Crippen LogP contribution in [-0.2, 0) is 13.0 Å². The molecule has 0 spiro atoms. The van der Waals surface area contributed by atoms with Crippen LogP contribution in [0.4, 0.5) is 4.39 Å². The maximum Gasteiger partial charge on any atom is 0.231 e. The van der Waals surface area contributed by atoms with Crippen molar-refractivity contribution in [3.63, 3.8) is 0 Å². The highest BCUT2D eigenvalue weighted by Gasteiger charge is 2.34. The summed E-state index contributed by atoms with van der Waals surface area (Å²) in [6.45, 7) is 1.55. The zero-order valence-corrected chi connectivity index (χ0v) is 18.6. The summed E-state index contributed by atoms with van der Waals surface area (Å²) >= 11 is 5.86. The van der Waals surface area contributed by atoms with Crippen molar-refractivity contribution in [3.8, 4) is 11.5 Å². The average molecular weight is 460 g/mol. The van der Waals surface area contributed by atoms with Crippen LogP contribution in [0.15, 0.2) is 66.7 Å². The summed E-state index contributed by atoms with van der Waals surface area (Å²) in [6, 6.07) is 20.9. The van der Waals surface area contributed by atoms with Crippen LogP contribution in [0.3, 0.4) is 0 Å². The molecule has 2 aliphatic rings. The number of aromatic amines is 1. The Morgan fingerprint density at radius 1 is 1.06 bits per heavy atom. The molecule has 0 radical (unpaired) electrons. The molecule has 3 aromatic carbocycles. The van der Waals surface area contributed by atoms with E-state index in [1.165, 1.54) is 23.1 Å². The molecular formula is C26H22FN3O2S. The number of H-pyrrole nitrogens is 1. The summed E-state index contributed by atoms with van der Waals surface area (Å²) in [7, 11) is 0. The van der Waals surface area contributed by atoms with Crippen LogP contribution in [0.1, 0.15) is 28.4 Å². The van der Waals surface area contributed by atoms with E-state index in [-0.39, 0.29) is 18.7 Å². The van der Waals surface area contributed by atoms with Crippen molar-refractivity contribution in [3.05, 3.63) is 94.9 Å². The van der Waals surface area contributed by atoms with E-state index in [1.54, 1.807) is 12.1 Å². The Balaban J connectivity index is 1.37. The number of hydrogen-bond acceptors (Lipinski definition) is 3. The number of aromatic nitrogens is 1. The first kappa shape index (κ1) is 20.1. The van der Waals surface area contributed by atoms with Crippen molar-refractivity contribution in [2.45, 2.75) is 19.0 Å². The number of halogens is 1. The number of nitrogens with one attached hydrogen (secondary N) is 2. The molecule has 0 unspecified atom stereocenters. The van der Waals surface area contributed by atoms with Crippen LogP contribution in [0, 0.1) is 5.82 Å². The van der Waals surface area contributed by atoms with E-state index in [4.69, 9.17) is 21.7 Å². The molecular weight excluding hydrogens is 437 g/mol. The summed E-state index contributed by atoms with van der Waals surface area (Å²) in [5, 5.41) is 5.28. The van der Waals surface area contributed by atoms with Crippen molar-refractivity contribution in [2.75, 3.05) is 13.3 Å².